The second-order valence-corrected chi connectivity index (χ2v) is 13.1. The number of hydrogen-bond donors (Lipinski definition) is 3. The highest BCUT2D eigenvalue weighted by Crippen LogP contribution is 2.33. The fraction of sp³-hybridized carbons (Fsp3) is 0.375. The largest absolute Gasteiger partial charge is 0.429 e. The molecular weight excluding hydrogens is 625 g/mol. The van der Waals surface area contributed by atoms with Crippen LogP contribution in [0.4, 0.5) is 29.3 Å². The number of carbonyl (C=O) groups is 2. The maximum absolute atomic E-state index is 13.4. The van der Waals surface area contributed by atoms with Gasteiger partial charge in [-0.25, -0.2) is 13.2 Å². The van der Waals surface area contributed by atoms with Gasteiger partial charge in [0.05, 0.1) is 16.6 Å². The van der Waals surface area contributed by atoms with Gasteiger partial charge in [0.15, 0.2) is 6.23 Å². The number of anilines is 2. The van der Waals surface area contributed by atoms with Gasteiger partial charge in [-0.3, -0.25) is 4.79 Å². The molecule has 3 N–H and O–H groups in total. The first-order valence-electron chi connectivity index (χ1n) is 14.7. The lowest BCUT2D eigenvalue weighted by Gasteiger charge is -2.34. The Labute approximate surface area is 266 Å². The summed E-state index contributed by atoms with van der Waals surface area (Å²) >= 11 is 0. The summed E-state index contributed by atoms with van der Waals surface area (Å²) in [5, 5.41) is 15.2. The highest BCUT2D eigenvalue weighted by molar-refractivity contribution is 7.89. The van der Waals surface area contributed by atoms with Crippen LogP contribution in [-0.4, -0.2) is 62.7 Å². The lowest BCUT2D eigenvalue weighted by Crippen LogP contribution is -2.50. The molecule has 14 heteroatoms. The average Bonchev–Trinajstić information content (AvgIpc) is 3.01. The Kier molecular flexibility index (Phi) is 11.0. The topological polar surface area (TPSA) is 128 Å². The molecule has 0 bridgehead atoms. The van der Waals surface area contributed by atoms with Crippen molar-refractivity contribution in [1.82, 2.24) is 9.62 Å². The zero-order valence-electron chi connectivity index (χ0n) is 25.6. The molecule has 0 saturated carbocycles. The standard InChI is InChI=1S/C32H37F3N4O6S/c1-21(40)23-12-10-22(11-13-23)19-28(30(41)36-25-14-16-26(17-15-25)38(2)3)37-31(42)45-29-9-4-5-18-39(29)46(43,44)27-8-6-7-24(20-27)32(33,34)35/h6-8,10-17,20-21,28-29,40H,4-5,9,18-19H2,1-3H3,(H,36,41)(H,37,42)/t21-,28?,29-/m0/s1. The van der Waals surface area contributed by atoms with Gasteiger partial charge >= 0.3 is 12.3 Å². The van der Waals surface area contributed by atoms with Gasteiger partial charge in [-0.05, 0) is 79.8 Å². The molecule has 1 aliphatic heterocycles. The summed E-state index contributed by atoms with van der Waals surface area (Å²) in [6, 6.07) is 16.1. The lowest BCUT2D eigenvalue weighted by atomic mass is 10.0. The van der Waals surface area contributed by atoms with Gasteiger partial charge in [-0.15, -0.1) is 0 Å². The molecule has 1 heterocycles. The normalized spacial score (nSPS) is 17.1. The number of alkyl carbamates (subject to hydrolysis) is 1. The third-order valence-corrected chi connectivity index (χ3v) is 9.46. The molecule has 0 aliphatic carbocycles. The van der Waals surface area contributed by atoms with E-state index in [4.69, 9.17) is 4.74 Å². The molecule has 46 heavy (non-hydrogen) atoms. The van der Waals surface area contributed by atoms with Crippen LogP contribution in [0.15, 0.2) is 77.7 Å². The van der Waals surface area contributed by atoms with Crippen molar-refractivity contribution in [2.24, 2.45) is 0 Å². The van der Waals surface area contributed by atoms with Gasteiger partial charge in [0.25, 0.3) is 0 Å². The van der Waals surface area contributed by atoms with Crippen molar-refractivity contribution in [3.05, 3.63) is 89.5 Å². The van der Waals surface area contributed by atoms with Crippen LogP contribution in [0.1, 0.15) is 49.0 Å². The van der Waals surface area contributed by atoms with E-state index < -0.39 is 57.0 Å². The molecule has 4 rings (SSSR count). The van der Waals surface area contributed by atoms with Gasteiger partial charge in [0.2, 0.25) is 15.9 Å². The molecule has 2 amide bonds. The number of aliphatic hydroxyl groups is 1. The molecule has 1 saturated heterocycles. The zero-order valence-corrected chi connectivity index (χ0v) is 26.4. The smallest absolute Gasteiger partial charge is 0.416 e. The molecule has 3 aromatic rings. The fourth-order valence-electron chi connectivity index (χ4n) is 4.98. The van der Waals surface area contributed by atoms with E-state index in [2.05, 4.69) is 10.6 Å². The predicted octanol–water partition coefficient (Wildman–Crippen LogP) is 5.30. The van der Waals surface area contributed by atoms with Crippen LogP contribution in [0.25, 0.3) is 0 Å². The maximum atomic E-state index is 13.4. The van der Waals surface area contributed by atoms with E-state index in [9.17, 15) is 36.3 Å². The van der Waals surface area contributed by atoms with Crippen LogP contribution >= 0.6 is 0 Å². The van der Waals surface area contributed by atoms with Crippen LogP contribution < -0.4 is 15.5 Å². The number of halogens is 3. The van der Waals surface area contributed by atoms with E-state index in [1.165, 1.54) is 0 Å². The summed E-state index contributed by atoms with van der Waals surface area (Å²) in [6.07, 6.45) is -6.74. The molecular formula is C32H37F3N4O6S. The Bertz CT molecular complexity index is 1610. The number of nitrogens with zero attached hydrogens (tertiary/aromatic N) is 2. The van der Waals surface area contributed by atoms with Crippen LogP contribution in [-0.2, 0) is 32.2 Å². The second-order valence-electron chi connectivity index (χ2n) is 11.2. The first-order valence-corrected chi connectivity index (χ1v) is 16.1. The van der Waals surface area contributed by atoms with E-state index in [0.717, 1.165) is 28.2 Å². The number of benzene rings is 3. The molecule has 0 radical (unpaired) electrons. The summed E-state index contributed by atoms with van der Waals surface area (Å²) in [5.74, 6) is -0.564. The van der Waals surface area contributed by atoms with Crippen molar-refractivity contribution in [2.75, 3.05) is 30.9 Å². The monoisotopic (exact) mass is 662 g/mol. The Morgan fingerprint density at radius 1 is 1.04 bits per heavy atom. The van der Waals surface area contributed by atoms with Crippen molar-refractivity contribution in [1.29, 1.82) is 0 Å². The molecule has 0 aromatic heterocycles. The van der Waals surface area contributed by atoms with E-state index in [0.29, 0.717) is 35.7 Å². The Balaban J connectivity index is 1.53. The summed E-state index contributed by atoms with van der Waals surface area (Å²) in [6.45, 7) is 1.55. The lowest BCUT2D eigenvalue weighted by molar-refractivity contribution is -0.137. The second kappa shape index (κ2) is 14.5. The van der Waals surface area contributed by atoms with E-state index in [-0.39, 0.29) is 19.4 Å². The Hall–Kier alpha value is -4.14. The number of ether oxygens (including phenoxy) is 1. The van der Waals surface area contributed by atoms with Gasteiger partial charge < -0.3 is 25.4 Å². The Morgan fingerprint density at radius 2 is 1.72 bits per heavy atom. The first-order chi connectivity index (χ1) is 21.6. The fourth-order valence-corrected chi connectivity index (χ4v) is 6.61. The molecule has 10 nitrogen and oxygen atoms in total. The molecule has 248 valence electrons. The minimum Gasteiger partial charge on any atom is -0.429 e. The van der Waals surface area contributed by atoms with Crippen LogP contribution in [0.5, 0.6) is 0 Å². The van der Waals surface area contributed by atoms with Crippen LogP contribution in [0.2, 0.25) is 0 Å². The summed E-state index contributed by atoms with van der Waals surface area (Å²) < 4.78 is 73.2. The predicted molar refractivity (Wildman–Crippen MR) is 167 cm³/mol. The quantitative estimate of drug-likeness (QED) is 0.269. The van der Waals surface area contributed by atoms with Gasteiger partial charge in [-0.2, -0.15) is 17.5 Å². The third-order valence-electron chi connectivity index (χ3n) is 7.57. The molecule has 3 aromatic carbocycles. The highest BCUT2D eigenvalue weighted by atomic mass is 32.2. The molecule has 1 aliphatic rings. The molecule has 1 unspecified atom stereocenters. The van der Waals surface area contributed by atoms with E-state index in [1.54, 1.807) is 43.3 Å². The zero-order chi connectivity index (χ0) is 33.6. The number of alkyl halides is 3. The number of hydrogen-bond acceptors (Lipinski definition) is 7. The van der Waals surface area contributed by atoms with Gasteiger partial charge in [-0.1, -0.05) is 30.3 Å². The summed E-state index contributed by atoms with van der Waals surface area (Å²) in [7, 11) is -0.719. The summed E-state index contributed by atoms with van der Waals surface area (Å²) in [4.78, 5) is 28.0. The average molecular weight is 663 g/mol. The van der Waals surface area contributed by atoms with Crippen molar-refractivity contribution in [3.8, 4) is 0 Å². The van der Waals surface area contributed by atoms with Crippen LogP contribution in [0.3, 0.4) is 0 Å². The Morgan fingerprint density at radius 3 is 2.33 bits per heavy atom. The highest BCUT2D eigenvalue weighted by Gasteiger charge is 2.38. The molecule has 3 atom stereocenters. The number of piperidine rings is 1. The number of sulfonamides is 1. The molecule has 0 spiro atoms. The summed E-state index contributed by atoms with van der Waals surface area (Å²) in [5.41, 5.74) is 1.60. The number of carbonyl (C=O) groups excluding carboxylic acids is 2. The number of rotatable bonds is 10. The SMILES string of the molecule is C[C@H](O)c1ccc(CC(NC(=O)O[C@H]2CCCCN2S(=O)(=O)c2cccc(C(F)(F)F)c2)C(=O)Nc2ccc(N(C)C)cc2)cc1. The maximum Gasteiger partial charge on any atom is 0.416 e. The first kappa shape index (κ1) is 34.7. The number of nitrogens with one attached hydrogen (secondary N) is 2. The van der Waals surface area contributed by atoms with Crippen molar-refractivity contribution >= 4 is 33.4 Å². The van der Waals surface area contributed by atoms with Crippen molar-refractivity contribution in [2.45, 2.75) is 62.1 Å². The molecule has 1 fully saturated rings. The van der Waals surface area contributed by atoms with Gasteiger partial charge in [0.1, 0.15) is 6.04 Å². The minimum absolute atomic E-state index is 0.0354. The minimum atomic E-state index is -4.75. The third kappa shape index (κ3) is 8.77. The van der Waals surface area contributed by atoms with Crippen LogP contribution in [0, 0.1) is 0 Å². The number of amides is 2. The van der Waals surface area contributed by atoms with Crippen molar-refractivity contribution < 1.29 is 41.0 Å². The van der Waals surface area contributed by atoms with E-state index >= 15 is 0 Å². The van der Waals surface area contributed by atoms with Gasteiger partial charge in [0, 0.05) is 38.4 Å². The van der Waals surface area contributed by atoms with E-state index in [1.807, 2.05) is 31.1 Å². The number of aliphatic hydroxyl groups excluding tert-OH is 1. The van der Waals surface area contributed by atoms with Crippen molar-refractivity contribution in [3.63, 3.8) is 0 Å².